The number of hydrogen-bond acceptors (Lipinski definition) is 9. The molecule has 15 heteroatoms. The number of amides is 1. The molecule has 0 saturated carbocycles. The Bertz CT molecular complexity index is 1690. The fourth-order valence-electron chi connectivity index (χ4n) is 5.39. The van der Waals surface area contributed by atoms with Gasteiger partial charge in [-0.1, -0.05) is 36.4 Å². The summed E-state index contributed by atoms with van der Waals surface area (Å²) >= 11 is 1.43. The van der Waals surface area contributed by atoms with E-state index < -0.39 is 58.3 Å². The van der Waals surface area contributed by atoms with Gasteiger partial charge in [0.05, 0.1) is 17.2 Å². The minimum atomic E-state index is -6.04. The van der Waals surface area contributed by atoms with Gasteiger partial charge >= 0.3 is 5.51 Å². The zero-order valence-corrected chi connectivity index (χ0v) is 26.8. The van der Waals surface area contributed by atoms with E-state index in [1.807, 2.05) is 37.3 Å². The Labute approximate surface area is 265 Å². The number of alkyl halides is 3. The Hall–Kier alpha value is -3.11. The van der Waals surface area contributed by atoms with E-state index in [9.17, 15) is 39.9 Å². The number of nitrogens with one attached hydrogen (secondary N) is 2. The van der Waals surface area contributed by atoms with Crippen molar-refractivity contribution in [3.8, 4) is 0 Å². The summed E-state index contributed by atoms with van der Waals surface area (Å²) in [5.74, 6) is -0.695. The molecule has 0 bridgehead atoms. The van der Waals surface area contributed by atoms with Crippen LogP contribution in [0.2, 0.25) is 0 Å². The number of hydrogen-bond donors (Lipinski definition) is 3. The number of nitrogens with zero attached hydrogens (tertiary/aromatic N) is 1. The SMILES string of the molecule is C[C@@]1(C[C@H](CSc2ccccc2)Nc2ccc(S(=O)(=O)NC(=O)c3ccccc3)cc2S(=O)(=O)C(F)(F)F)CCCN1CCO. The fourth-order valence-corrected chi connectivity index (χ4v) is 8.36. The number of anilines is 1. The maximum atomic E-state index is 13.9. The second-order valence-corrected chi connectivity index (χ2v) is 15.6. The Morgan fingerprint density at radius 3 is 2.29 bits per heavy atom. The van der Waals surface area contributed by atoms with Crippen molar-refractivity contribution in [3.05, 3.63) is 84.4 Å². The zero-order chi connectivity index (χ0) is 32.9. The van der Waals surface area contributed by atoms with Crippen molar-refractivity contribution in [3.63, 3.8) is 0 Å². The van der Waals surface area contributed by atoms with Crippen molar-refractivity contribution in [2.24, 2.45) is 0 Å². The molecule has 4 rings (SSSR count). The summed E-state index contributed by atoms with van der Waals surface area (Å²) in [6.45, 7) is 3.06. The molecule has 1 aliphatic rings. The van der Waals surface area contributed by atoms with E-state index in [1.165, 1.54) is 36.0 Å². The zero-order valence-electron chi connectivity index (χ0n) is 24.3. The summed E-state index contributed by atoms with van der Waals surface area (Å²) in [6.07, 6.45) is 2.00. The van der Waals surface area contributed by atoms with Gasteiger partial charge < -0.3 is 10.4 Å². The van der Waals surface area contributed by atoms with E-state index in [0.717, 1.165) is 36.4 Å². The predicted octanol–water partition coefficient (Wildman–Crippen LogP) is 4.91. The molecule has 0 aromatic heterocycles. The highest BCUT2D eigenvalue weighted by Gasteiger charge is 2.49. The standard InChI is InChI=1S/C30H34F3N3O6S3/c1-29(15-8-16-36(29)17-18-37)20-23(21-43-24-11-6-3-7-12-24)34-26-14-13-25(19-27(26)44(39,40)30(31,32)33)45(41,42)35-28(38)22-9-4-2-5-10-22/h2-7,9-14,19,23,34,37H,8,15-18,20-21H2,1H3,(H,35,38)/t23-,29+/m1/s1. The summed E-state index contributed by atoms with van der Waals surface area (Å²) in [5.41, 5.74) is -6.61. The topological polar surface area (TPSA) is 133 Å². The van der Waals surface area contributed by atoms with Crippen LogP contribution in [0, 0.1) is 0 Å². The first-order chi connectivity index (χ1) is 21.2. The average Bonchev–Trinajstić information content (AvgIpc) is 3.35. The van der Waals surface area contributed by atoms with E-state index in [1.54, 1.807) is 10.8 Å². The van der Waals surface area contributed by atoms with Gasteiger partial charge in [-0.05, 0) is 75.2 Å². The van der Waals surface area contributed by atoms with E-state index >= 15 is 0 Å². The molecular formula is C30H34F3N3O6S3. The highest BCUT2D eigenvalue weighted by Crippen LogP contribution is 2.39. The Morgan fingerprint density at radius 2 is 1.67 bits per heavy atom. The number of aliphatic hydroxyl groups excluding tert-OH is 1. The Balaban J connectivity index is 1.72. The van der Waals surface area contributed by atoms with Crippen LogP contribution in [-0.2, 0) is 19.9 Å². The first-order valence-corrected chi connectivity index (χ1v) is 18.0. The van der Waals surface area contributed by atoms with Crippen molar-refractivity contribution in [2.45, 2.75) is 58.0 Å². The van der Waals surface area contributed by atoms with Gasteiger partial charge in [0.15, 0.2) is 0 Å². The minimum absolute atomic E-state index is 0.0168. The van der Waals surface area contributed by atoms with Crippen molar-refractivity contribution in [2.75, 3.05) is 30.8 Å². The van der Waals surface area contributed by atoms with Gasteiger partial charge in [-0.2, -0.15) is 13.2 Å². The first kappa shape index (κ1) is 34.8. The molecule has 1 saturated heterocycles. The number of likely N-dealkylation sites (tertiary alicyclic amines) is 1. The number of carbonyl (C=O) groups is 1. The molecule has 0 radical (unpaired) electrons. The molecule has 9 nitrogen and oxygen atoms in total. The number of rotatable bonds is 13. The second kappa shape index (κ2) is 14.1. The maximum absolute atomic E-state index is 13.9. The molecule has 1 heterocycles. The molecule has 45 heavy (non-hydrogen) atoms. The summed E-state index contributed by atoms with van der Waals surface area (Å²) in [5, 5.41) is 12.6. The summed E-state index contributed by atoms with van der Waals surface area (Å²) in [4.78, 5) is 13.4. The number of sulfonamides is 1. The number of thioether (sulfide) groups is 1. The normalized spacial score (nSPS) is 18.4. The molecule has 3 aromatic carbocycles. The Kier molecular flexibility index (Phi) is 10.9. The number of β-amino-alcohol motifs (C(OH)–C–C–N with tert-alkyl or cyclic N) is 1. The minimum Gasteiger partial charge on any atom is -0.395 e. The third-order valence-electron chi connectivity index (χ3n) is 7.64. The highest BCUT2D eigenvalue weighted by molar-refractivity contribution is 7.99. The van der Waals surface area contributed by atoms with Crippen LogP contribution in [-0.4, -0.2) is 75.3 Å². The van der Waals surface area contributed by atoms with E-state index in [-0.39, 0.29) is 12.2 Å². The number of aliphatic hydroxyl groups is 1. The molecule has 244 valence electrons. The summed E-state index contributed by atoms with van der Waals surface area (Å²) in [6, 6.07) is 18.4. The monoisotopic (exact) mass is 685 g/mol. The van der Waals surface area contributed by atoms with Crippen LogP contribution in [0.15, 0.2) is 93.5 Å². The van der Waals surface area contributed by atoms with E-state index in [0.29, 0.717) is 24.8 Å². The number of benzene rings is 3. The van der Waals surface area contributed by atoms with Crippen molar-refractivity contribution < 1.29 is 39.9 Å². The molecule has 3 N–H and O–H groups in total. The molecule has 3 aromatic rings. The molecular weight excluding hydrogens is 652 g/mol. The number of sulfone groups is 1. The lowest BCUT2D eigenvalue weighted by Gasteiger charge is -2.38. The lowest BCUT2D eigenvalue weighted by Crippen LogP contribution is -2.46. The van der Waals surface area contributed by atoms with Crippen molar-refractivity contribution in [1.29, 1.82) is 0 Å². The van der Waals surface area contributed by atoms with Gasteiger partial charge in [0.2, 0.25) is 0 Å². The molecule has 0 spiro atoms. The van der Waals surface area contributed by atoms with Crippen LogP contribution in [0.3, 0.4) is 0 Å². The van der Waals surface area contributed by atoms with Crippen LogP contribution in [0.4, 0.5) is 18.9 Å². The average molecular weight is 686 g/mol. The number of carbonyl (C=O) groups excluding carboxylic acids is 1. The van der Waals surface area contributed by atoms with Gasteiger partial charge in [0.25, 0.3) is 25.8 Å². The largest absolute Gasteiger partial charge is 0.501 e. The first-order valence-electron chi connectivity index (χ1n) is 14.0. The second-order valence-electron chi connectivity index (χ2n) is 10.9. The van der Waals surface area contributed by atoms with Gasteiger partial charge in [0.1, 0.15) is 4.90 Å². The third-order valence-corrected chi connectivity index (χ3v) is 11.7. The van der Waals surface area contributed by atoms with Crippen molar-refractivity contribution >= 4 is 43.2 Å². The van der Waals surface area contributed by atoms with Crippen LogP contribution in [0.1, 0.15) is 36.5 Å². The van der Waals surface area contributed by atoms with Gasteiger partial charge in [-0.25, -0.2) is 21.6 Å². The number of halogens is 3. The summed E-state index contributed by atoms with van der Waals surface area (Å²) in [7, 11) is -10.8. The van der Waals surface area contributed by atoms with Gasteiger partial charge in [0, 0.05) is 34.3 Å². The summed E-state index contributed by atoms with van der Waals surface area (Å²) < 4.78 is 95.3. The van der Waals surface area contributed by atoms with Crippen molar-refractivity contribution in [1.82, 2.24) is 9.62 Å². The molecule has 1 amide bonds. The molecule has 2 atom stereocenters. The van der Waals surface area contributed by atoms with Crippen LogP contribution >= 0.6 is 11.8 Å². The third kappa shape index (κ3) is 8.38. The molecule has 1 aliphatic heterocycles. The predicted molar refractivity (Wildman–Crippen MR) is 166 cm³/mol. The molecule has 0 aliphatic carbocycles. The quantitative estimate of drug-likeness (QED) is 0.215. The Morgan fingerprint density at radius 1 is 1.02 bits per heavy atom. The highest BCUT2D eigenvalue weighted by atomic mass is 32.2. The van der Waals surface area contributed by atoms with Crippen LogP contribution < -0.4 is 10.0 Å². The van der Waals surface area contributed by atoms with Gasteiger partial charge in [-0.3, -0.25) is 9.69 Å². The lowest BCUT2D eigenvalue weighted by molar-refractivity contribution is -0.0435. The maximum Gasteiger partial charge on any atom is 0.501 e. The van der Waals surface area contributed by atoms with E-state index in [2.05, 4.69) is 10.2 Å². The molecule has 1 fully saturated rings. The van der Waals surface area contributed by atoms with Crippen LogP contribution in [0.5, 0.6) is 0 Å². The smallest absolute Gasteiger partial charge is 0.395 e. The van der Waals surface area contributed by atoms with Crippen LogP contribution in [0.25, 0.3) is 0 Å². The van der Waals surface area contributed by atoms with E-state index in [4.69, 9.17) is 0 Å². The lowest BCUT2D eigenvalue weighted by atomic mass is 9.90. The van der Waals surface area contributed by atoms with Gasteiger partial charge in [-0.15, -0.1) is 11.8 Å². The molecule has 0 unspecified atom stereocenters. The fraction of sp³-hybridized carbons (Fsp3) is 0.367.